The van der Waals surface area contributed by atoms with Gasteiger partial charge in [0.1, 0.15) is 11.6 Å². The molecule has 0 saturated carbocycles. The Bertz CT molecular complexity index is 981. The number of nitrogens with zero attached hydrogens (tertiary/aromatic N) is 4. The standard InChI is InChI=1S/C20H21FN4O2/c1-26-16-4-2-3-15(21)18(16)13-11-17-19(22-12-13)23-20(27-17)25-10-9-24-7-5-14(25)6-8-24/h2-4,11-12,14H,5-10H2,1H3. The van der Waals surface area contributed by atoms with E-state index in [1.165, 1.54) is 13.2 Å². The Morgan fingerprint density at radius 2 is 2.04 bits per heavy atom. The smallest absolute Gasteiger partial charge is 0.300 e. The van der Waals surface area contributed by atoms with Crippen LogP contribution in [0.5, 0.6) is 5.75 Å². The van der Waals surface area contributed by atoms with Gasteiger partial charge >= 0.3 is 0 Å². The first-order chi connectivity index (χ1) is 13.2. The summed E-state index contributed by atoms with van der Waals surface area (Å²) in [6, 6.07) is 7.64. The van der Waals surface area contributed by atoms with Crippen molar-refractivity contribution in [1.82, 2.24) is 14.9 Å². The fraction of sp³-hybridized carbons (Fsp3) is 0.400. The van der Waals surface area contributed by atoms with Gasteiger partial charge in [0.25, 0.3) is 6.01 Å². The van der Waals surface area contributed by atoms with E-state index in [0.717, 1.165) is 39.0 Å². The van der Waals surface area contributed by atoms with Crippen LogP contribution in [0.15, 0.2) is 34.9 Å². The highest BCUT2D eigenvalue weighted by atomic mass is 19.1. The van der Waals surface area contributed by atoms with E-state index in [2.05, 4.69) is 19.8 Å². The molecule has 2 bridgehead atoms. The van der Waals surface area contributed by atoms with Crippen molar-refractivity contribution in [2.24, 2.45) is 0 Å². The van der Waals surface area contributed by atoms with Gasteiger partial charge in [0.15, 0.2) is 5.58 Å². The van der Waals surface area contributed by atoms with E-state index in [1.54, 1.807) is 24.4 Å². The molecule has 3 fully saturated rings. The van der Waals surface area contributed by atoms with Crippen molar-refractivity contribution >= 4 is 17.2 Å². The van der Waals surface area contributed by atoms with Crippen molar-refractivity contribution in [3.05, 3.63) is 36.3 Å². The van der Waals surface area contributed by atoms with Crippen LogP contribution in [0, 0.1) is 5.82 Å². The van der Waals surface area contributed by atoms with Gasteiger partial charge < -0.3 is 19.0 Å². The molecule has 3 aliphatic rings. The fourth-order valence-corrected chi connectivity index (χ4v) is 4.16. The summed E-state index contributed by atoms with van der Waals surface area (Å²) in [4.78, 5) is 13.8. The lowest BCUT2D eigenvalue weighted by molar-refractivity contribution is 0.249. The number of ether oxygens (including phenoxy) is 1. The second kappa shape index (κ2) is 6.49. The first kappa shape index (κ1) is 16.5. The molecule has 0 N–H and O–H groups in total. The van der Waals surface area contributed by atoms with E-state index in [9.17, 15) is 4.39 Å². The number of aromatic nitrogens is 2. The van der Waals surface area contributed by atoms with E-state index in [4.69, 9.17) is 9.15 Å². The first-order valence-corrected chi connectivity index (χ1v) is 9.31. The molecule has 0 amide bonds. The number of anilines is 1. The van der Waals surface area contributed by atoms with Gasteiger partial charge in [0.05, 0.1) is 12.7 Å². The van der Waals surface area contributed by atoms with E-state index in [0.29, 0.717) is 40.2 Å². The average Bonchev–Trinajstić information content (AvgIpc) is 2.87. The minimum absolute atomic E-state index is 0.353. The molecule has 27 heavy (non-hydrogen) atoms. The van der Waals surface area contributed by atoms with Gasteiger partial charge in [0, 0.05) is 44.0 Å². The van der Waals surface area contributed by atoms with E-state index in [-0.39, 0.29) is 5.82 Å². The summed E-state index contributed by atoms with van der Waals surface area (Å²) in [6.45, 7) is 4.21. The maximum Gasteiger partial charge on any atom is 0.300 e. The second-order valence-corrected chi connectivity index (χ2v) is 7.13. The molecule has 140 valence electrons. The molecule has 2 aromatic heterocycles. The highest BCUT2D eigenvalue weighted by Gasteiger charge is 2.31. The summed E-state index contributed by atoms with van der Waals surface area (Å²) in [5.41, 5.74) is 2.10. The summed E-state index contributed by atoms with van der Waals surface area (Å²) < 4.78 is 25.8. The molecule has 0 unspecified atom stereocenters. The van der Waals surface area contributed by atoms with Gasteiger partial charge in [0.2, 0.25) is 5.65 Å². The van der Waals surface area contributed by atoms with Gasteiger partial charge in [-0.1, -0.05) is 6.07 Å². The summed E-state index contributed by atoms with van der Waals surface area (Å²) in [5.74, 6) is 0.114. The van der Waals surface area contributed by atoms with Crippen molar-refractivity contribution in [2.75, 3.05) is 38.2 Å². The summed E-state index contributed by atoms with van der Waals surface area (Å²) in [7, 11) is 1.53. The number of rotatable bonds is 3. The lowest BCUT2D eigenvalue weighted by atomic mass is 10.1. The molecule has 7 heteroatoms. The number of piperidine rings is 1. The summed E-state index contributed by atoms with van der Waals surface area (Å²) >= 11 is 0. The van der Waals surface area contributed by atoms with Crippen LogP contribution >= 0.6 is 0 Å². The Hall–Kier alpha value is -2.67. The number of hydrogen-bond acceptors (Lipinski definition) is 6. The van der Waals surface area contributed by atoms with Crippen LogP contribution in [-0.2, 0) is 0 Å². The third-order valence-corrected chi connectivity index (χ3v) is 5.62. The number of fused-ring (bicyclic) bond motifs is 5. The molecule has 1 aromatic carbocycles. The molecule has 0 atom stereocenters. The maximum atomic E-state index is 14.4. The number of oxazole rings is 1. The van der Waals surface area contributed by atoms with Gasteiger partial charge in [-0.15, -0.1) is 0 Å². The third kappa shape index (κ3) is 2.82. The largest absolute Gasteiger partial charge is 0.496 e. The van der Waals surface area contributed by atoms with E-state index in [1.807, 2.05) is 0 Å². The van der Waals surface area contributed by atoms with E-state index >= 15 is 0 Å². The minimum Gasteiger partial charge on any atom is -0.496 e. The number of methoxy groups -OCH3 is 1. The van der Waals surface area contributed by atoms with Crippen LogP contribution < -0.4 is 9.64 Å². The number of benzene rings is 1. The SMILES string of the molecule is COc1cccc(F)c1-c1cnc2nc(N3CCN4CCC3CC4)oc2c1. The van der Waals surface area contributed by atoms with Crippen LogP contribution in [0.1, 0.15) is 12.8 Å². The Labute approximate surface area is 156 Å². The Morgan fingerprint density at radius 1 is 1.19 bits per heavy atom. The molecule has 3 aliphatic heterocycles. The molecular formula is C20H21FN4O2. The number of halogens is 1. The highest BCUT2D eigenvalue weighted by molar-refractivity contribution is 5.80. The van der Waals surface area contributed by atoms with Crippen LogP contribution in [0.3, 0.4) is 0 Å². The molecule has 5 heterocycles. The van der Waals surface area contributed by atoms with Gasteiger partial charge in [-0.3, -0.25) is 0 Å². The summed E-state index contributed by atoms with van der Waals surface area (Å²) in [6.07, 6.45) is 3.88. The van der Waals surface area contributed by atoms with Gasteiger partial charge in [-0.25, -0.2) is 9.37 Å². The molecule has 6 rings (SSSR count). The zero-order valence-electron chi connectivity index (χ0n) is 15.2. The molecular weight excluding hydrogens is 347 g/mol. The molecule has 0 radical (unpaired) electrons. The molecule has 6 nitrogen and oxygen atoms in total. The van der Waals surface area contributed by atoms with Crippen LogP contribution in [0.2, 0.25) is 0 Å². The van der Waals surface area contributed by atoms with Crippen molar-refractivity contribution in [3.63, 3.8) is 0 Å². The van der Waals surface area contributed by atoms with Crippen LogP contribution in [0.25, 0.3) is 22.4 Å². The monoisotopic (exact) mass is 368 g/mol. The predicted molar refractivity (Wildman–Crippen MR) is 101 cm³/mol. The van der Waals surface area contributed by atoms with Crippen molar-refractivity contribution in [2.45, 2.75) is 18.9 Å². The summed E-state index contributed by atoms with van der Waals surface area (Å²) in [5, 5.41) is 0. The van der Waals surface area contributed by atoms with Crippen LogP contribution in [0.4, 0.5) is 10.4 Å². The van der Waals surface area contributed by atoms with Gasteiger partial charge in [-0.2, -0.15) is 4.98 Å². The zero-order valence-corrected chi connectivity index (χ0v) is 15.2. The Morgan fingerprint density at radius 3 is 2.85 bits per heavy atom. The number of hydrogen-bond donors (Lipinski definition) is 0. The van der Waals surface area contributed by atoms with Crippen molar-refractivity contribution in [3.8, 4) is 16.9 Å². The lowest BCUT2D eigenvalue weighted by Gasteiger charge is -2.30. The van der Waals surface area contributed by atoms with Crippen LogP contribution in [-0.4, -0.2) is 54.2 Å². The Balaban J connectivity index is 1.54. The van der Waals surface area contributed by atoms with Gasteiger partial charge in [-0.05, 0) is 31.0 Å². The van der Waals surface area contributed by atoms with Crippen molar-refractivity contribution < 1.29 is 13.5 Å². The first-order valence-electron chi connectivity index (χ1n) is 9.31. The fourth-order valence-electron chi connectivity index (χ4n) is 4.16. The number of pyridine rings is 1. The Kier molecular flexibility index (Phi) is 3.97. The molecule has 0 aliphatic carbocycles. The average molecular weight is 368 g/mol. The van der Waals surface area contributed by atoms with E-state index < -0.39 is 0 Å². The topological polar surface area (TPSA) is 54.6 Å². The predicted octanol–water partition coefficient (Wildman–Crippen LogP) is 3.32. The minimum atomic E-state index is -0.353. The third-order valence-electron chi connectivity index (χ3n) is 5.62. The highest BCUT2D eigenvalue weighted by Crippen LogP contribution is 2.35. The normalized spacial score (nSPS) is 22.2. The maximum absolute atomic E-state index is 14.4. The van der Waals surface area contributed by atoms with Crippen molar-refractivity contribution in [1.29, 1.82) is 0 Å². The zero-order chi connectivity index (χ0) is 18.4. The molecule has 0 spiro atoms. The quantitative estimate of drug-likeness (QED) is 0.707. The lowest BCUT2D eigenvalue weighted by Crippen LogP contribution is -2.38. The second-order valence-electron chi connectivity index (χ2n) is 7.13. The molecule has 3 aromatic rings. The molecule has 3 saturated heterocycles.